The quantitative estimate of drug-likeness (QED) is 0.792. The van der Waals surface area contributed by atoms with E-state index in [4.69, 9.17) is 0 Å². The van der Waals surface area contributed by atoms with Gasteiger partial charge in [-0.05, 0) is 30.5 Å². The molecule has 2 unspecified atom stereocenters. The van der Waals surface area contributed by atoms with Crippen molar-refractivity contribution in [3.8, 4) is 0 Å². The van der Waals surface area contributed by atoms with Gasteiger partial charge in [0.15, 0.2) is 0 Å². The maximum absolute atomic E-state index is 12.7. The highest BCUT2D eigenvalue weighted by Crippen LogP contribution is 2.18. The largest absolute Gasteiger partial charge is 0.392 e. The molecule has 2 N–H and O–H groups in total. The van der Waals surface area contributed by atoms with E-state index in [1.807, 2.05) is 0 Å². The lowest BCUT2D eigenvalue weighted by Gasteiger charge is -2.21. The number of hydrogen-bond donors (Lipinski definition) is 2. The number of aliphatic hydroxyl groups is 1. The standard InChI is InChI=1S/C14H20FNO/c15-12-8-6-11(7-9-12)10-16-13-4-2-1-3-5-14(13)17/h6-9,13-14,16-17H,1-5,10H2. The molecule has 0 amide bonds. The number of halogens is 1. The van der Waals surface area contributed by atoms with Gasteiger partial charge in [-0.25, -0.2) is 4.39 Å². The number of aliphatic hydroxyl groups excluding tert-OH is 1. The van der Waals surface area contributed by atoms with Crippen molar-refractivity contribution in [2.75, 3.05) is 0 Å². The van der Waals surface area contributed by atoms with E-state index in [2.05, 4.69) is 5.32 Å². The zero-order valence-corrected chi connectivity index (χ0v) is 10.0. The van der Waals surface area contributed by atoms with E-state index in [9.17, 15) is 9.50 Å². The summed E-state index contributed by atoms with van der Waals surface area (Å²) in [5, 5.41) is 13.3. The number of rotatable bonds is 3. The smallest absolute Gasteiger partial charge is 0.123 e. The Balaban J connectivity index is 1.85. The van der Waals surface area contributed by atoms with E-state index in [-0.39, 0.29) is 18.0 Å². The zero-order chi connectivity index (χ0) is 12.1. The van der Waals surface area contributed by atoms with Crippen LogP contribution in [0.4, 0.5) is 4.39 Å². The van der Waals surface area contributed by atoms with Gasteiger partial charge in [-0.3, -0.25) is 0 Å². The molecule has 2 rings (SSSR count). The second-order valence-electron chi connectivity index (χ2n) is 4.82. The van der Waals surface area contributed by atoms with E-state index in [0.717, 1.165) is 24.8 Å². The van der Waals surface area contributed by atoms with Gasteiger partial charge in [0, 0.05) is 12.6 Å². The lowest BCUT2D eigenvalue weighted by Crippen LogP contribution is -2.38. The van der Waals surface area contributed by atoms with Gasteiger partial charge in [0.2, 0.25) is 0 Å². The molecule has 3 heteroatoms. The van der Waals surface area contributed by atoms with Crippen LogP contribution in [-0.4, -0.2) is 17.3 Å². The Hall–Kier alpha value is -0.930. The summed E-state index contributed by atoms with van der Waals surface area (Å²) in [7, 11) is 0. The monoisotopic (exact) mass is 237 g/mol. The van der Waals surface area contributed by atoms with Crippen LogP contribution in [0.5, 0.6) is 0 Å². The lowest BCUT2D eigenvalue weighted by molar-refractivity contribution is 0.119. The summed E-state index contributed by atoms with van der Waals surface area (Å²) in [5.41, 5.74) is 1.06. The highest BCUT2D eigenvalue weighted by Gasteiger charge is 2.20. The van der Waals surface area contributed by atoms with E-state index >= 15 is 0 Å². The second kappa shape index (κ2) is 6.12. The molecular formula is C14H20FNO. The van der Waals surface area contributed by atoms with E-state index in [1.54, 1.807) is 12.1 Å². The summed E-state index contributed by atoms with van der Waals surface area (Å²) in [6, 6.07) is 6.69. The van der Waals surface area contributed by atoms with Crippen LogP contribution in [0.3, 0.4) is 0 Å². The van der Waals surface area contributed by atoms with Gasteiger partial charge in [0.25, 0.3) is 0 Å². The molecule has 1 aliphatic rings. The first-order valence-electron chi connectivity index (χ1n) is 6.41. The molecule has 0 aromatic heterocycles. The van der Waals surface area contributed by atoms with Crippen LogP contribution in [0.25, 0.3) is 0 Å². The lowest BCUT2D eigenvalue weighted by atomic mass is 10.1. The average molecular weight is 237 g/mol. The predicted octanol–water partition coefficient (Wildman–Crippen LogP) is 2.61. The minimum Gasteiger partial charge on any atom is -0.392 e. The number of nitrogens with one attached hydrogen (secondary N) is 1. The first-order chi connectivity index (χ1) is 8.25. The summed E-state index contributed by atoms with van der Waals surface area (Å²) >= 11 is 0. The third-order valence-electron chi connectivity index (χ3n) is 3.46. The van der Waals surface area contributed by atoms with Crippen molar-refractivity contribution in [2.24, 2.45) is 0 Å². The number of benzene rings is 1. The fourth-order valence-corrected chi connectivity index (χ4v) is 2.38. The van der Waals surface area contributed by atoms with Crippen molar-refractivity contribution in [2.45, 2.75) is 50.8 Å². The maximum atomic E-state index is 12.7. The SMILES string of the molecule is OC1CCCCCC1NCc1ccc(F)cc1. The molecule has 2 atom stereocenters. The third-order valence-corrected chi connectivity index (χ3v) is 3.46. The highest BCUT2D eigenvalue weighted by atomic mass is 19.1. The second-order valence-corrected chi connectivity index (χ2v) is 4.82. The molecule has 94 valence electrons. The predicted molar refractivity (Wildman–Crippen MR) is 66.1 cm³/mol. The van der Waals surface area contributed by atoms with Crippen LogP contribution < -0.4 is 5.32 Å². The molecule has 0 spiro atoms. The minimum atomic E-state index is -0.238. The molecule has 1 aromatic rings. The van der Waals surface area contributed by atoms with Crippen LogP contribution in [-0.2, 0) is 6.54 Å². The Morgan fingerprint density at radius 3 is 2.59 bits per heavy atom. The highest BCUT2D eigenvalue weighted by molar-refractivity contribution is 5.15. The maximum Gasteiger partial charge on any atom is 0.123 e. The van der Waals surface area contributed by atoms with Crippen molar-refractivity contribution >= 4 is 0 Å². The first kappa shape index (κ1) is 12.5. The average Bonchev–Trinajstić information content (AvgIpc) is 2.54. The fourth-order valence-electron chi connectivity index (χ4n) is 2.38. The number of hydrogen-bond acceptors (Lipinski definition) is 2. The van der Waals surface area contributed by atoms with Crippen molar-refractivity contribution in [3.05, 3.63) is 35.6 Å². The zero-order valence-electron chi connectivity index (χ0n) is 10.0. The van der Waals surface area contributed by atoms with Gasteiger partial charge >= 0.3 is 0 Å². The van der Waals surface area contributed by atoms with Crippen LogP contribution in [0.1, 0.15) is 37.7 Å². The van der Waals surface area contributed by atoms with Crippen molar-refractivity contribution in [1.29, 1.82) is 0 Å². The van der Waals surface area contributed by atoms with E-state index in [1.165, 1.54) is 25.0 Å². The van der Waals surface area contributed by atoms with Gasteiger partial charge in [-0.2, -0.15) is 0 Å². The van der Waals surface area contributed by atoms with Crippen LogP contribution in [0.15, 0.2) is 24.3 Å². The molecule has 17 heavy (non-hydrogen) atoms. The molecule has 1 fully saturated rings. The Morgan fingerprint density at radius 2 is 1.82 bits per heavy atom. The molecular weight excluding hydrogens is 217 g/mol. The van der Waals surface area contributed by atoms with Crippen molar-refractivity contribution in [1.82, 2.24) is 5.32 Å². The molecule has 0 aliphatic heterocycles. The van der Waals surface area contributed by atoms with Gasteiger partial charge in [0.05, 0.1) is 6.10 Å². The summed E-state index contributed by atoms with van der Waals surface area (Å²) in [6.07, 6.45) is 5.20. The summed E-state index contributed by atoms with van der Waals surface area (Å²) in [5.74, 6) is -0.205. The fraction of sp³-hybridized carbons (Fsp3) is 0.571. The molecule has 0 radical (unpaired) electrons. The van der Waals surface area contributed by atoms with Crippen LogP contribution >= 0.6 is 0 Å². The van der Waals surface area contributed by atoms with E-state index < -0.39 is 0 Å². The minimum absolute atomic E-state index is 0.183. The van der Waals surface area contributed by atoms with Crippen LogP contribution in [0.2, 0.25) is 0 Å². The molecule has 1 aliphatic carbocycles. The molecule has 0 bridgehead atoms. The Kier molecular flexibility index (Phi) is 4.51. The molecule has 0 saturated heterocycles. The van der Waals surface area contributed by atoms with Crippen molar-refractivity contribution in [3.63, 3.8) is 0 Å². The summed E-state index contributed by atoms with van der Waals surface area (Å²) in [4.78, 5) is 0. The molecule has 1 saturated carbocycles. The van der Waals surface area contributed by atoms with Gasteiger partial charge in [-0.15, -0.1) is 0 Å². The molecule has 0 heterocycles. The van der Waals surface area contributed by atoms with Gasteiger partial charge in [-0.1, -0.05) is 31.4 Å². The Morgan fingerprint density at radius 1 is 1.12 bits per heavy atom. The topological polar surface area (TPSA) is 32.3 Å². The Bertz CT molecular complexity index is 339. The van der Waals surface area contributed by atoms with Gasteiger partial charge < -0.3 is 10.4 Å². The molecule has 1 aromatic carbocycles. The summed E-state index contributed by atoms with van der Waals surface area (Å²) in [6.45, 7) is 0.696. The first-order valence-corrected chi connectivity index (χ1v) is 6.41. The molecule has 2 nitrogen and oxygen atoms in total. The van der Waals surface area contributed by atoms with Crippen LogP contribution in [0, 0.1) is 5.82 Å². The summed E-state index contributed by atoms with van der Waals surface area (Å²) < 4.78 is 12.7. The third kappa shape index (κ3) is 3.79. The Labute approximate surface area is 102 Å². The van der Waals surface area contributed by atoms with E-state index in [0.29, 0.717) is 6.54 Å². The normalized spacial score (nSPS) is 25.5. The van der Waals surface area contributed by atoms with Gasteiger partial charge in [0.1, 0.15) is 5.82 Å². The van der Waals surface area contributed by atoms with Crippen molar-refractivity contribution < 1.29 is 9.50 Å².